The summed E-state index contributed by atoms with van der Waals surface area (Å²) in [4.78, 5) is 0. The molecule has 2 N–H and O–H groups in total. The third-order valence-corrected chi connectivity index (χ3v) is 5.08. The summed E-state index contributed by atoms with van der Waals surface area (Å²) >= 11 is 0. The van der Waals surface area contributed by atoms with E-state index in [4.69, 9.17) is 9.47 Å². The summed E-state index contributed by atoms with van der Waals surface area (Å²) < 4.78 is 11.7. The zero-order valence-corrected chi connectivity index (χ0v) is 16.2. The molecule has 0 radical (unpaired) electrons. The number of benzene rings is 1. The number of rotatable bonds is 10. The summed E-state index contributed by atoms with van der Waals surface area (Å²) in [6, 6.07) is 4.51. The quantitative estimate of drug-likeness (QED) is 0.679. The third-order valence-electron chi connectivity index (χ3n) is 5.08. The molecule has 1 aromatic carbocycles. The van der Waals surface area contributed by atoms with E-state index in [0.29, 0.717) is 13.2 Å². The van der Waals surface area contributed by atoms with Crippen LogP contribution in [0.5, 0.6) is 0 Å². The molecule has 0 saturated heterocycles. The van der Waals surface area contributed by atoms with Crippen LogP contribution in [0.3, 0.4) is 0 Å². The Kier molecular flexibility index (Phi) is 7.44. The molecular formula is C21H34O4. The Bertz CT molecular complexity index is 502. The fraction of sp³-hybridized carbons (Fsp3) is 0.714. The molecule has 0 amide bonds. The minimum atomic E-state index is -0.0143. The van der Waals surface area contributed by atoms with E-state index in [0.717, 1.165) is 25.7 Å². The Morgan fingerprint density at radius 2 is 1.24 bits per heavy atom. The van der Waals surface area contributed by atoms with E-state index < -0.39 is 0 Å². The summed E-state index contributed by atoms with van der Waals surface area (Å²) in [6.45, 7) is 9.71. The van der Waals surface area contributed by atoms with E-state index in [2.05, 4.69) is 12.1 Å². The molecule has 4 heteroatoms. The van der Waals surface area contributed by atoms with Gasteiger partial charge in [-0.2, -0.15) is 0 Å². The minimum Gasteiger partial charge on any atom is -0.396 e. The Hall–Kier alpha value is -0.940. The number of fused-ring (bicyclic) bond motifs is 1. The standard InChI is InChI=1S/C21H34O4/c1-15(2)24-13-19-9-17-11-21(5-7-22,6-8-23)12-18(17)10-20(19)14-25-16(3)4/h9-10,15-16,22-23H,5-8,11-14H2,1-4H3. The SMILES string of the molecule is CC(C)OCc1cc2c(cc1COC(C)C)CC(CCO)(CCO)C2. The summed E-state index contributed by atoms with van der Waals surface area (Å²) in [5, 5.41) is 19.0. The van der Waals surface area contributed by atoms with E-state index in [1.165, 1.54) is 22.3 Å². The van der Waals surface area contributed by atoms with Crippen molar-refractivity contribution in [3.05, 3.63) is 34.4 Å². The van der Waals surface area contributed by atoms with Crippen molar-refractivity contribution in [1.29, 1.82) is 0 Å². The molecule has 1 aromatic rings. The molecule has 0 aromatic heterocycles. The van der Waals surface area contributed by atoms with Crippen LogP contribution >= 0.6 is 0 Å². The highest BCUT2D eigenvalue weighted by Gasteiger charge is 2.36. The van der Waals surface area contributed by atoms with Gasteiger partial charge in [0.1, 0.15) is 0 Å². The molecule has 0 spiro atoms. The maximum absolute atomic E-state index is 9.48. The molecule has 0 fully saturated rings. The predicted molar refractivity (Wildman–Crippen MR) is 99.5 cm³/mol. The van der Waals surface area contributed by atoms with Crippen LogP contribution < -0.4 is 0 Å². The fourth-order valence-corrected chi connectivity index (χ4v) is 3.73. The van der Waals surface area contributed by atoms with Crippen LogP contribution in [0.1, 0.15) is 62.8 Å². The summed E-state index contributed by atoms with van der Waals surface area (Å²) in [5.41, 5.74) is 5.03. The predicted octanol–water partition coefficient (Wildman–Crippen LogP) is 3.39. The molecule has 25 heavy (non-hydrogen) atoms. The Morgan fingerprint density at radius 3 is 1.56 bits per heavy atom. The summed E-state index contributed by atoms with van der Waals surface area (Å²) in [5.74, 6) is 0. The van der Waals surface area contributed by atoms with Crippen LogP contribution in [-0.2, 0) is 35.5 Å². The summed E-state index contributed by atoms with van der Waals surface area (Å²) in [6.07, 6.45) is 3.69. The van der Waals surface area contributed by atoms with Gasteiger partial charge < -0.3 is 19.7 Å². The first-order valence-electron chi connectivity index (χ1n) is 9.47. The number of aliphatic hydroxyl groups excluding tert-OH is 2. The van der Waals surface area contributed by atoms with Crippen molar-refractivity contribution in [3.8, 4) is 0 Å². The largest absolute Gasteiger partial charge is 0.396 e. The van der Waals surface area contributed by atoms with Crippen LogP contribution in [0, 0.1) is 5.41 Å². The molecule has 0 unspecified atom stereocenters. The normalized spacial score (nSPS) is 16.0. The lowest BCUT2D eigenvalue weighted by Crippen LogP contribution is -2.24. The molecular weight excluding hydrogens is 316 g/mol. The van der Waals surface area contributed by atoms with Gasteiger partial charge in [0.25, 0.3) is 0 Å². The van der Waals surface area contributed by atoms with E-state index in [9.17, 15) is 10.2 Å². The van der Waals surface area contributed by atoms with Crippen molar-refractivity contribution >= 4 is 0 Å². The Labute approximate surface area is 152 Å². The molecule has 0 saturated carbocycles. The zero-order valence-electron chi connectivity index (χ0n) is 16.2. The molecule has 4 nitrogen and oxygen atoms in total. The molecule has 1 aliphatic carbocycles. The average Bonchev–Trinajstić information content (AvgIpc) is 2.87. The Morgan fingerprint density at radius 1 is 0.840 bits per heavy atom. The topological polar surface area (TPSA) is 58.9 Å². The number of hydrogen-bond donors (Lipinski definition) is 2. The third kappa shape index (κ3) is 5.52. The highest BCUT2D eigenvalue weighted by Crippen LogP contribution is 2.43. The van der Waals surface area contributed by atoms with E-state index in [-0.39, 0.29) is 30.8 Å². The van der Waals surface area contributed by atoms with E-state index >= 15 is 0 Å². The van der Waals surface area contributed by atoms with Gasteiger partial charge >= 0.3 is 0 Å². The molecule has 142 valence electrons. The highest BCUT2D eigenvalue weighted by atomic mass is 16.5. The van der Waals surface area contributed by atoms with Crippen molar-refractivity contribution in [2.75, 3.05) is 13.2 Å². The first kappa shape index (κ1) is 20.4. The van der Waals surface area contributed by atoms with Gasteiger partial charge in [-0.05, 0) is 81.0 Å². The smallest absolute Gasteiger partial charge is 0.0723 e. The monoisotopic (exact) mass is 350 g/mol. The fourth-order valence-electron chi connectivity index (χ4n) is 3.73. The lowest BCUT2D eigenvalue weighted by molar-refractivity contribution is 0.0537. The van der Waals surface area contributed by atoms with Gasteiger partial charge in [0, 0.05) is 13.2 Å². The van der Waals surface area contributed by atoms with Crippen molar-refractivity contribution in [2.24, 2.45) is 5.41 Å². The van der Waals surface area contributed by atoms with Gasteiger partial charge in [0.2, 0.25) is 0 Å². The van der Waals surface area contributed by atoms with Gasteiger partial charge in [0.15, 0.2) is 0 Å². The second-order valence-corrected chi connectivity index (χ2v) is 7.91. The first-order chi connectivity index (χ1) is 11.9. The molecule has 0 bridgehead atoms. The number of hydrogen-bond acceptors (Lipinski definition) is 4. The summed E-state index contributed by atoms with van der Waals surface area (Å²) in [7, 11) is 0. The lowest BCUT2D eigenvalue weighted by atomic mass is 9.79. The van der Waals surface area contributed by atoms with Crippen LogP contribution in [0.25, 0.3) is 0 Å². The first-order valence-corrected chi connectivity index (χ1v) is 9.47. The highest BCUT2D eigenvalue weighted by molar-refractivity contribution is 5.42. The maximum Gasteiger partial charge on any atom is 0.0723 e. The lowest BCUT2D eigenvalue weighted by Gasteiger charge is -2.27. The van der Waals surface area contributed by atoms with Crippen molar-refractivity contribution in [3.63, 3.8) is 0 Å². The number of aliphatic hydroxyl groups is 2. The van der Waals surface area contributed by atoms with Crippen LogP contribution in [0.4, 0.5) is 0 Å². The number of ether oxygens (including phenoxy) is 2. The molecule has 0 heterocycles. The average molecular weight is 350 g/mol. The zero-order chi connectivity index (χ0) is 18.4. The van der Waals surface area contributed by atoms with E-state index in [1.807, 2.05) is 27.7 Å². The molecule has 0 atom stereocenters. The second kappa shape index (κ2) is 9.13. The van der Waals surface area contributed by atoms with Crippen LogP contribution in [0.2, 0.25) is 0 Å². The molecule has 0 aliphatic heterocycles. The van der Waals surface area contributed by atoms with Gasteiger partial charge in [-0.3, -0.25) is 0 Å². The van der Waals surface area contributed by atoms with Crippen LogP contribution in [0.15, 0.2) is 12.1 Å². The maximum atomic E-state index is 9.48. The van der Waals surface area contributed by atoms with Gasteiger partial charge in [-0.1, -0.05) is 12.1 Å². The molecule has 2 rings (SSSR count). The van der Waals surface area contributed by atoms with E-state index in [1.54, 1.807) is 0 Å². The molecule has 1 aliphatic rings. The van der Waals surface area contributed by atoms with Gasteiger partial charge in [-0.15, -0.1) is 0 Å². The Balaban J connectivity index is 2.27. The van der Waals surface area contributed by atoms with Crippen molar-refractivity contribution in [1.82, 2.24) is 0 Å². The van der Waals surface area contributed by atoms with Crippen molar-refractivity contribution < 1.29 is 19.7 Å². The minimum absolute atomic E-state index is 0.0143. The van der Waals surface area contributed by atoms with Gasteiger partial charge in [-0.25, -0.2) is 0 Å². The second-order valence-electron chi connectivity index (χ2n) is 7.91. The van der Waals surface area contributed by atoms with Gasteiger partial charge in [0.05, 0.1) is 25.4 Å². The van der Waals surface area contributed by atoms with Crippen molar-refractivity contribution in [2.45, 2.75) is 78.8 Å². The van der Waals surface area contributed by atoms with Crippen LogP contribution in [-0.4, -0.2) is 35.6 Å².